The lowest BCUT2D eigenvalue weighted by atomic mass is 9.93. The average Bonchev–Trinajstić information content (AvgIpc) is 2.87. The highest BCUT2D eigenvalue weighted by atomic mass is 35.5. The second-order valence-corrected chi connectivity index (χ2v) is 9.37. The van der Waals surface area contributed by atoms with Crippen LogP contribution in [0.15, 0.2) is 36.5 Å². The van der Waals surface area contributed by atoms with Gasteiger partial charge in [0.05, 0.1) is 35.5 Å². The highest BCUT2D eigenvalue weighted by Crippen LogP contribution is 2.31. The van der Waals surface area contributed by atoms with Crippen molar-refractivity contribution in [2.75, 3.05) is 40.5 Å². The number of piperidine rings is 1. The second-order valence-electron chi connectivity index (χ2n) is 8.93. The lowest BCUT2D eigenvalue weighted by Crippen LogP contribution is -2.51. The fourth-order valence-corrected chi connectivity index (χ4v) is 5.06. The van der Waals surface area contributed by atoms with Gasteiger partial charge in [-0.1, -0.05) is 18.0 Å². The molecule has 2 aliphatic heterocycles. The zero-order valence-corrected chi connectivity index (χ0v) is 20.8. The van der Waals surface area contributed by atoms with E-state index in [-0.39, 0.29) is 18.1 Å². The molecule has 8 heteroatoms. The van der Waals surface area contributed by atoms with Crippen LogP contribution in [0.1, 0.15) is 48.2 Å². The van der Waals surface area contributed by atoms with Crippen molar-refractivity contribution in [3.63, 3.8) is 0 Å². The summed E-state index contributed by atoms with van der Waals surface area (Å²) in [6, 6.07) is 9.35. The standard InChI is InChI=1S/C26H34ClN3O4/c1-32-21-10-11-22-25(16-21)34-15-14-29(18-20-9-8-19(27)17-28-20)12-4-3-6-23-24(33-2)7-5-13-30(23)26(22)31/h8-11,16-17,23-24H,3-7,12-15,18H2,1-2H3/t23-,24-/m1/s1. The van der Waals surface area contributed by atoms with Gasteiger partial charge in [-0.3, -0.25) is 14.7 Å². The average molecular weight is 488 g/mol. The van der Waals surface area contributed by atoms with Gasteiger partial charge in [-0.05, 0) is 56.5 Å². The molecule has 2 aliphatic rings. The van der Waals surface area contributed by atoms with Gasteiger partial charge in [-0.15, -0.1) is 0 Å². The van der Waals surface area contributed by atoms with Crippen LogP contribution in [0.25, 0.3) is 0 Å². The first-order valence-corrected chi connectivity index (χ1v) is 12.4. The van der Waals surface area contributed by atoms with E-state index in [4.69, 9.17) is 25.8 Å². The fourth-order valence-electron chi connectivity index (χ4n) is 4.94. The fraction of sp³-hybridized carbons (Fsp3) is 0.538. The Morgan fingerprint density at radius 3 is 2.74 bits per heavy atom. The summed E-state index contributed by atoms with van der Waals surface area (Å²) in [6.45, 7) is 3.58. The van der Waals surface area contributed by atoms with E-state index in [2.05, 4.69) is 9.88 Å². The van der Waals surface area contributed by atoms with Crippen LogP contribution in [0.2, 0.25) is 5.02 Å². The minimum absolute atomic E-state index is 0.00544. The lowest BCUT2D eigenvalue weighted by Gasteiger charge is -2.41. The van der Waals surface area contributed by atoms with Crippen molar-refractivity contribution in [1.29, 1.82) is 0 Å². The van der Waals surface area contributed by atoms with Gasteiger partial charge in [0, 0.05) is 39.0 Å². The molecule has 4 rings (SSSR count). The van der Waals surface area contributed by atoms with Crippen LogP contribution >= 0.6 is 11.6 Å². The normalized spacial score (nSPS) is 22.4. The van der Waals surface area contributed by atoms with Crippen LogP contribution in [0.5, 0.6) is 11.5 Å². The number of pyridine rings is 1. The molecule has 34 heavy (non-hydrogen) atoms. The molecule has 1 fully saturated rings. The molecule has 1 aromatic heterocycles. The number of aromatic nitrogens is 1. The maximum Gasteiger partial charge on any atom is 0.257 e. The first-order valence-electron chi connectivity index (χ1n) is 12.1. The Labute approximate surface area is 206 Å². The summed E-state index contributed by atoms with van der Waals surface area (Å²) in [6.07, 6.45) is 6.63. The Hall–Kier alpha value is -2.35. The Morgan fingerprint density at radius 2 is 1.97 bits per heavy atom. The number of carbonyl (C=O) groups excluding carboxylic acids is 1. The molecule has 184 valence electrons. The van der Waals surface area contributed by atoms with Crippen LogP contribution in [-0.4, -0.2) is 73.3 Å². The number of halogens is 1. The van der Waals surface area contributed by atoms with Crippen molar-refractivity contribution in [1.82, 2.24) is 14.8 Å². The van der Waals surface area contributed by atoms with Crippen LogP contribution in [0, 0.1) is 0 Å². The number of benzene rings is 1. The third-order valence-corrected chi connectivity index (χ3v) is 6.99. The summed E-state index contributed by atoms with van der Waals surface area (Å²) >= 11 is 6.01. The number of hydrogen-bond donors (Lipinski definition) is 0. The maximum absolute atomic E-state index is 13.7. The first-order chi connectivity index (χ1) is 16.6. The quantitative estimate of drug-likeness (QED) is 0.635. The van der Waals surface area contributed by atoms with Gasteiger partial charge >= 0.3 is 0 Å². The minimum atomic E-state index is 0.00544. The summed E-state index contributed by atoms with van der Waals surface area (Å²) in [5.74, 6) is 1.24. The molecule has 2 aromatic rings. The van der Waals surface area contributed by atoms with Gasteiger partial charge in [0.25, 0.3) is 5.91 Å². The summed E-state index contributed by atoms with van der Waals surface area (Å²) in [5.41, 5.74) is 1.55. The number of nitrogens with zero attached hydrogens (tertiary/aromatic N) is 3. The number of carbonyl (C=O) groups is 1. The highest BCUT2D eigenvalue weighted by Gasteiger charge is 2.35. The van der Waals surface area contributed by atoms with E-state index in [0.29, 0.717) is 28.7 Å². The maximum atomic E-state index is 13.7. The summed E-state index contributed by atoms with van der Waals surface area (Å²) < 4.78 is 17.4. The van der Waals surface area contributed by atoms with E-state index in [1.807, 2.05) is 35.2 Å². The molecule has 0 unspecified atom stereocenters. The van der Waals surface area contributed by atoms with Gasteiger partial charge in [0.15, 0.2) is 0 Å². The Kier molecular flexibility index (Phi) is 8.64. The first kappa shape index (κ1) is 24.8. The molecule has 0 aliphatic carbocycles. The molecule has 0 radical (unpaired) electrons. The summed E-state index contributed by atoms with van der Waals surface area (Å²) in [4.78, 5) is 22.5. The van der Waals surface area contributed by atoms with Crippen molar-refractivity contribution >= 4 is 17.5 Å². The largest absolute Gasteiger partial charge is 0.497 e. The van der Waals surface area contributed by atoms with Crippen LogP contribution in [0.3, 0.4) is 0 Å². The zero-order valence-electron chi connectivity index (χ0n) is 20.0. The topological polar surface area (TPSA) is 64.1 Å². The van der Waals surface area contributed by atoms with Crippen molar-refractivity contribution in [2.24, 2.45) is 0 Å². The Balaban J connectivity index is 1.59. The molecule has 1 aromatic carbocycles. The van der Waals surface area contributed by atoms with E-state index < -0.39 is 0 Å². The van der Waals surface area contributed by atoms with Crippen molar-refractivity contribution < 1.29 is 19.0 Å². The Bertz CT molecular complexity index is 956. The zero-order chi connectivity index (χ0) is 23.9. The molecule has 3 heterocycles. The van der Waals surface area contributed by atoms with Gasteiger partial charge in [0.1, 0.15) is 18.1 Å². The third kappa shape index (κ3) is 6.01. The molecule has 2 atom stereocenters. The van der Waals surface area contributed by atoms with E-state index in [1.165, 1.54) is 0 Å². The molecule has 0 bridgehead atoms. The number of fused-ring (bicyclic) bond motifs is 2. The predicted octanol–water partition coefficient (Wildman–Crippen LogP) is 4.43. The highest BCUT2D eigenvalue weighted by molar-refractivity contribution is 6.30. The van der Waals surface area contributed by atoms with E-state index in [0.717, 1.165) is 64.0 Å². The molecule has 7 nitrogen and oxygen atoms in total. The number of rotatable bonds is 4. The predicted molar refractivity (Wildman–Crippen MR) is 132 cm³/mol. The van der Waals surface area contributed by atoms with Crippen molar-refractivity contribution in [2.45, 2.75) is 50.8 Å². The molecule has 1 saturated heterocycles. The molecular formula is C26H34ClN3O4. The number of amides is 1. The summed E-state index contributed by atoms with van der Waals surface area (Å²) in [5, 5.41) is 0.636. The molecule has 0 N–H and O–H groups in total. The summed E-state index contributed by atoms with van der Waals surface area (Å²) in [7, 11) is 3.37. The molecule has 0 spiro atoms. The molecule has 0 saturated carbocycles. The van der Waals surface area contributed by atoms with Crippen molar-refractivity contribution in [3.8, 4) is 11.5 Å². The monoisotopic (exact) mass is 487 g/mol. The lowest BCUT2D eigenvalue weighted by molar-refractivity contribution is -0.0155. The van der Waals surface area contributed by atoms with Crippen molar-refractivity contribution in [3.05, 3.63) is 52.8 Å². The number of ether oxygens (including phenoxy) is 3. The van der Waals surface area contributed by atoms with Gasteiger partial charge in [-0.2, -0.15) is 0 Å². The number of methoxy groups -OCH3 is 2. The van der Waals surface area contributed by atoms with Crippen LogP contribution in [-0.2, 0) is 11.3 Å². The van der Waals surface area contributed by atoms with E-state index in [1.54, 1.807) is 20.4 Å². The minimum Gasteiger partial charge on any atom is -0.497 e. The third-order valence-electron chi connectivity index (χ3n) is 6.76. The smallest absolute Gasteiger partial charge is 0.257 e. The van der Waals surface area contributed by atoms with Gasteiger partial charge in [0.2, 0.25) is 0 Å². The van der Waals surface area contributed by atoms with Gasteiger partial charge in [-0.25, -0.2) is 0 Å². The molecule has 1 amide bonds. The van der Waals surface area contributed by atoms with E-state index in [9.17, 15) is 4.79 Å². The van der Waals surface area contributed by atoms with Crippen LogP contribution in [0.4, 0.5) is 0 Å². The number of hydrogen-bond acceptors (Lipinski definition) is 6. The van der Waals surface area contributed by atoms with Crippen LogP contribution < -0.4 is 9.47 Å². The second kappa shape index (κ2) is 11.9. The van der Waals surface area contributed by atoms with Gasteiger partial charge < -0.3 is 19.1 Å². The SMILES string of the molecule is COc1ccc2c(c1)OCCN(Cc1ccc(Cl)cn1)CCCC[C@@H]1[C@H](OC)CCCN1C2=O. The van der Waals surface area contributed by atoms with E-state index >= 15 is 0 Å². The Morgan fingerprint density at radius 1 is 1.09 bits per heavy atom. The molecular weight excluding hydrogens is 454 g/mol.